The van der Waals surface area contributed by atoms with Gasteiger partial charge in [-0.05, 0) is 25.0 Å². The molecule has 1 aliphatic heterocycles. The Morgan fingerprint density at radius 1 is 1.25 bits per heavy atom. The topological polar surface area (TPSA) is 79.7 Å². The summed E-state index contributed by atoms with van der Waals surface area (Å²) in [5.41, 5.74) is 2.05. The second-order valence-electron chi connectivity index (χ2n) is 6.27. The fourth-order valence-electron chi connectivity index (χ4n) is 3.31. The second kappa shape index (κ2) is 6.43. The molecule has 1 saturated heterocycles. The number of aromatic amines is 1. The Hall–Kier alpha value is -2.70. The van der Waals surface area contributed by atoms with Crippen LogP contribution in [0, 0.1) is 0 Å². The minimum absolute atomic E-state index is 0.185. The molecule has 1 aromatic carbocycles. The summed E-state index contributed by atoms with van der Waals surface area (Å²) in [6.45, 7) is 2.19. The van der Waals surface area contributed by atoms with Gasteiger partial charge in [-0.15, -0.1) is 10.2 Å². The molecule has 7 heteroatoms. The first kappa shape index (κ1) is 14.9. The summed E-state index contributed by atoms with van der Waals surface area (Å²) < 4.78 is 1.83. The number of nitrogens with one attached hydrogen (secondary N) is 1. The van der Waals surface area contributed by atoms with Gasteiger partial charge in [0, 0.05) is 32.0 Å². The van der Waals surface area contributed by atoms with Crippen LogP contribution in [0.2, 0.25) is 0 Å². The van der Waals surface area contributed by atoms with Gasteiger partial charge in [-0.2, -0.15) is 0 Å². The number of carbonyl (C=O) groups is 1. The highest BCUT2D eigenvalue weighted by Crippen LogP contribution is 2.27. The van der Waals surface area contributed by atoms with Gasteiger partial charge in [-0.3, -0.25) is 4.79 Å². The van der Waals surface area contributed by atoms with Gasteiger partial charge in [0.05, 0.1) is 11.0 Å². The molecular weight excluding hydrogens is 304 g/mol. The van der Waals surface area contributed by atoms with E-state index in [1.54, 1.807) is 12.7 Å². The zero-order chi connectivity index (χ0) is 16.4. The van der Waals surface area contributed by atoms with Gasteiger partial charge >= 0.3 is 0 Å². The van der Waals surface area contributed by atoms with Crippen LogP contribution in [0.4, 0.5) is 0 Å². The minimum atomic E-state index is 0.185. The van der Waals surface area contributed by atoms with Crippen LogP contribution in [0.25, 0.3) is 11.0 Å². The molecule has 124 valence electrons. The van der Waals surface area contributed by atoms with Crippen LogP contribution in [0.3, 0.4) is 0 Å². The Morgan fingerprint density at radius 2 is 2.08 bits per heavy atom. The Bertz CT molecular complexity index is 792. The predicted molar refractivity (Wildman–Crippen MR) is 89.3 cm³/mol. The molecule has 2 aromatic heterocycles. The van der Waals surface area contributed by atoms with Crippen molar-refractivity contribution in [2.24, 2.45) is 0 Å². The highest BCUT2D eigenvalue weighted by atomic mass is 16.2. The second-order valence-corrected chi connectivity index (χ2v) is 6.27. The van der Waals surface area contributed by atoms with Crippen molar-refractivity contribution in [1.29, 1.82) is 0 Å². The molecule has 1 atom stereocenters. The van der Waals surface area contributed by atoms with E-state index in [4.69, 9.17) is 4.98 Å². The lowest BCUT2D eigenvalue weighted by atomic mass is 9.97. The average molecular weight is 324 g/mol. The number of amides is 1. The predicted octanol–water partition coefficient (Wildman–Crippen LogP) is 1.95. The highest BCUT2D eigenvalue weighted by Gasteiger charge is 2.26. The van der Waals surface area contributed by atoms with Crippen LogP contribution < -0.4 is 0 Å². The van der Waals surface area contributed by atoms with Crippen LogP contribution in [-0.2, 0) is 11.3 Å². The molecule has 0 saturated carbocycles. The number of imidazole rings is 1. The molecule has 1 amide bonds. The van der Waals surface area contributed by atoms with E-state index in [1.165, 1.54) is 0 Å². The first-order valence-corrected chi connectivity index (χ1v) is 8.34. The number of aryl methyl sites for hydroxylation is 1. The van der Waals surface area contributed by atoms with E-state index in [-0.39, 0.29) is 11.8 Å². The van der Waals surface area contributed by atoms with E-state index in [2.05, 4.69) is 15.2 Å². The first-order chi connectivity index (χ1) is 11.8. The maximum atomic E-state index is 12.5. The number of carbonyl (C=O) groups excluding carboxylic acids is 1. The molecule has 1 unspecified atom stereocenters. The van der Waals surface area contributed by atoms with Gasteiger partial charge in [-0.1, -0.05) is 12.1 Å². The van der Waals surface area contributed by atoms with E-state index in [1.807, 2.05) is 33.7 Å². The van der Waals surface area contributed by atoms with Crippen molar-refractivity contribution in [2.45, 2.75) is 31.7 Å². The molecule has 1 fully saturated rings. The van der Waals surface area contributed by atoms with Crippen molar-refractivity contribution in [3.05, 3.63) is 42.7 Å². The fourth-order valence-corrected chi connectivity index (χ4v) is 3.31. The molecule has 7 nitrogen and oxygen atoms in total. The number of hydrogen-bond donors (Lipinski definition) is 1. The van der Waals surface area contributed by atoms with Gasteiger partial charge in [0.25, 0.3) is 0 Å². The molecule has 0 radical (unpaired) electrons. The number of benzene rings is 1. The lowest BCUT2D eigenvalue weighted by Gasteiger charge is -2.32. The summed E-state index contributed by atoms with van der Waals surface area (Å²) in [7, 11) is 0. The van der Waals surface area contributed by atoms with E-state index in [0.29, 0.717) is 13.0 Å². The van der Waals surface area contributed by atoms with Gasteiger partial charge in [0.15, 0.2) is 0 Å². The summed E-state index contributed by atoms with van der Waals surface area (Å²) in [5.74, 6) is 1.46. The molecular formula is C17H20N6O. The van der Waals surface area contributed by atoms with Crippen LogP contribution in [0.1, 0.15) is 31.0 Å². The van der Waals surface area contributed by atoms with E-state index in [9.17, 15) is 4.79 Å². The number of para-hydroxylation sites is 2. The number of rotatable bonds is 4. The SMILES string of the molecule is O=C(CCn1cnnc1)N1CCCC(c2nc3ccccc3[nH]2)C1. The number of hydrogen-bond acceptors (Lipinski definition) is 4. The zero-order valence-corrected chi connectivity index (χ0v) is 13.4. The summed E-state index contributed by atoms with van der Waals surface area (Å²) in [4.78, 5) is 22.6. The van der Waals surface area contributed by atoms with Crippen LogP contribution in [0.15, 0.2) is 36.9 Å². The minimum Gasteiger partial charge on any atom is -0.342 e. The van der Waals surface area contributed by atoms with Gasteiger partial charge in [-0.25, -0.2) is 4.98 Å². The Labute approximate surface area is 139 Å². The van der Waals surface area contributed by atoms with E-state index >= 15 is 0 Å². The van der Waals surface area contributed by atoms with Crippen molar-refractivity contribution in [3.63, 3.8) is 0 Å². The number of piperidine rings is 1. The monoisotopic (exact) mass is 324 g/mol. The Kier molecular flexibility index (Phi) is 3.98. The third kappa shape index (κ3) is 3.02. The Morgan fingerprint density at radius 3 is 2.92 bits per heavy atom. The molecule has 0 bridgehead atoms. The Balaban J connectivity index is 1.42. The van der Waals surface area contributed by atoms with Gasteiger partial charge in [0.1, 0.15) is 18.5 Å². The number of fused-ring (bicyclic) bond motifs is 1. The third-order valence-corrected chi connectivity index (χ3v) is 4.62. The summed E-state index contributed by atoms with van der Waals surface area (Å²) in [5, 5.41) is 7.52. The lowest BCUT2D eigenvalue weighted by molar-refractivity contribution is -0.132. The van der Waals surface area contributed by atoms with Crippen molar-refractivity contribution in [3.8, 4) is 0 Å². The van der Waals surface area contributed by atoms with Crippen LogP contribution in [0.5, 0.6) is 0 Å². The maximum Gasteiger partial charge on any atom is 0.224 e. The summed E-state index contributed by atoms with van der Waals surface area (Å²) in [6, 6.07) is 8.05. The number of H-pyrrole nitrogens is 1. The van der Waals surface area contributed by atoms with Crippen molar-refractivity contribution in [1.82, 2.24) is 29.6 Å². The van der Waals surface area contributed by atoms with Gasteiger partial charge in [0.2, 0.25) is 5.91 Å². The first-order valence-electron chi connectivity index (χ1n) is 8.34. The molecule has 3 heterocycles. The molecule has 1 N–H and O–H groups in total. The molecule has 1 aliphatic rings. The third-order valence-electron chi connectivity index (χ3n) is 4.62. The fraction of sp³-hybridized carbons (Fsp3) is 0.412. The molecule has 4 rings (SSSR count). The zero-order valence-electron chi connectivity index (χ0n) is 13.4. The molecule has 0 spiro atoms. The standard InChI is InChI=1S/C17H20N6O/c24-16(7-9-22-11-18-19-12-22)23-8-3-4-13(10-23)17-20-14-5-1-2-6-15(14)21-17/h1-2,5-6,11-13H,3-4,7-10H2,(H,20,21). The largest absolute Gasteiger partial charge is 0.342 e. The molecule has 3 aromatic rings. The normalized spacial score (nSPS) is 18.2. The average Bonchev–Trinajstić information content (AvgIpc) is 3.29. The number of aromatic nitrogens is 5. The van der Waals surface area contributed by atoms with Crippen molar-refractivity contribution in [2.75, 3.05) is 13.1 Å². The van der Waals surface area contributed by atoms with Gasteiger partial charge < -0.3 is 14.5 Å². The highest BCUT2D eigenvalue weighted by molar-refractivity contribution is 5.76. The smallest absolute Gasteiger partial charge is 0.224 e. The lowest BCUT2D eigenvalue weighted by Crippen LogP contribution is -2.39. The van der Waals surface area contributed by atoms with Crippen molar-refractivity contribution < 1.29 is 4.79 Å². The number of likely N-dealkylation sites (tertiary alicyclic amines) is 1. The van der Waals surface area contributed by atoms with Crippen LogP contribution in [-0.4, -0.2) is 48.6 Å². The molecule has 24 heavy (non-hydrogen) atoms. The van der Waals surface area contributed by atoms with Crippen molar-refractivity contribution >= 4 is 16.9 Å². The summed E-state index contributed by atoms with van der Waals surface area (Å²) in [6.07, 6.45) is 5.83. The van der Waals surface area contributed by atoms with E-state index in [0.717, 1.165) is 42.8 Å². The van der Waals surface area contributed by atoms with E-state index < -0.39 is 0 Å². The maximum absolute atomic E-state index is 12.5. The quantitative estimate of drug-likeness (QED) is 0.795. The molecule has 0 aliphatic carbocycles. The number of nitrogens with zero attached hydrogens (tertiary/aromatic N) is 5. The van der Waals surface area contributed by atoms with Crippen LogP contribution >= 0.6 is 0 Å². The summed E-state index contributed by atoms with van der Waals surface area (Å²) >= 11 is 0.